The molecule has 104 valence electrons. The Balaban J connectivity index is 1.95. The number of carbonyl (C=O) groups is 1. The highest BCUT2D eigenvalue weighted by molar-refractivity contribution is 5.82. The van der Waals surface area contributed by atoms with Crippen molar-refractivity contribution in [2.45, 2.75) is 50.6 Å². The van der Waals surface area contributed by atoms with Gasteiger partial charge in [0.2, 0.25) is 5.91 Å². The Kier molecular flexibility index (Phi) is 5.01. The first-order valence-corrected chi connectivity index (χ1v) is 7.37. The topological polar surface area (TPSA) is 35.6 Å². The Morgan fingerprint density at radius 3 is 2.39 bits per heavy atom. The van der Waals surface area contributed by atoms with Gasteiger partial charge < -0.3 is 15.1 Å². The van der Waals surface area contributed by atoms with E-state index in [1.807, 2.05) is 0 Å². The summed E-state index contributed by atoms with van der Waals surface area (Å²) in [6, 6.07) is 0.590. The standard InChI is InChI=1S/C14H27N3O/c1-16(2)10-11-17(12-6-3-4-7-12)14(18)13-8-5-9-15-13/h12-13,15H,3-11H2,1-2H3/t13-/m0/s1. The van der Waals surface area contributed by atoms with Crippen LogP contribution < -0.4 is 5.32 Å². The molecule has 4 nitrogen and oxygen atoms in total. The van der Waals surface area contributed by atoms with Crippen LogP contribution in [0.3, 0.4) is 0 Å². The summed E-state index contributed by atoms with van der Waals surface area (Å²) in [6.07, 6.45) is 7.13. The number of nitrogens with zero attached hydrogens (tertiary/aromatic N) is 2. The van der Waals surface area contributed by atoms with Crippen molar-refractivity contribution in [1.29, 1.82) is 0 Å². The van der Waals surface area contributed by atoms with Gasteiger partial charge in [-0.3, -0.25) is 4.79 Å². The minimum Gasteiger partial charge on any atom is -0.337 e. The lowest BCUT2D eigenvalue weighted by molar-refractivity contribution is -0.135. The van der Waals surface area contributed by atoms with Crippen LogP contribution in [0.5, 0.6) is 0 Å². The molecule has 0 bridgehead atoms. The first kappa shape index (κ1) is 13.8. The zero-order valence-electron chi connectivity index (χ0n) is 11.8. The van der Waals surface area contributed by atoms with Crippen LogP contribution in [0.4, 0.5) is 0 Å². The molecule has 1 atom stereocenters. The van der Waals surface area contributed by atoms with E-state index in [1.165, 1.54) is 25.7 Å². The SMILES string of the molecule is CN(C)CCN(C(=O)[C@@H]1CCCN1)C1CCCC1. The third kappa shape index (κ3) is 3.45. The van der Waals surface area contributed by atoms with Gasteiger partial charge in [0.1, 0.15) is 0 Å². The third-order valence-corrected chi connectivity index (χ3v) is 4.20. The molecule has 1 heterocycles. The highest BCUT2D eigenvalue weighted by Gasteiger charge is 2.32. The van der Waals surface area contributed by atoms with E-state index in [1.54, 1.807) is 0 Å². The summed E-state index contributed by atoms with van der Waals surface area (Å²) in [5.41, 5.74) is 0. The van der Waals surface area contributed by atoms with Crippen molar-refractivity contribution in [3.05, 3.63) is 0 Å². The van der Waals surface area contributed by atoms with Crippen molar-refractivity contribution >= 4 is 5.91 Å². The van der Waals surface area contributed by atoms with E-state index in [0.29, 0.717) is 11.9 Å². The number of nitrogens with one attached hydrogen (secondary N) is 1. The maximum atomic E-state index is 12.6. The average molecular weight is 253 g/mol. The molecule has 0 aromatic rings. The number of hydrogen-bond donors (Lipinski definition) is 1. The summed E-state index contributed by atoms with van der Waals surface area (Å²) in [5, 5.41) is 3.34. The molecular weight excluding hydrogens is 226 g/mol. The molecule has 0 radical (unpaired) electrons. The van der Waals surface area contributed by atoms with E-state index >= 15 is 0 Å². The smallest absolute Gasteiger partial charge is 0.239 e. The molecule has 1 amide bonds. The Bertz CT molecular complexity index is 268. The van der Waals surface area contributed by atoms with Gasteiger partial charge in [0.15, 0.2) is 0 Å². The van der Waals surface area contributed by atoms with Gasteiger partial charge in [-0.15, -0.1) is 0 Å². The monoisotopic (exact) mass is 253 g/mol. The fourth-order valence-corrected chi connectivity index (χ4v) is 3.09. The third-order valence-electron chi connectivity index (χ3n) is 4.20. The predicted molar refractivity (Wildman–Crippen MR) is 73.5 cm³/mol. The number of likely N-dealkylation sites (N-methyl/N-ethyl adjacent to an activating group) is 1. The summed E-state index contributed by atoms with van der Waals surface area (Å²) >= 11 is 0. The summed E-state index contributed by atoms with van der Waals surface area (Å²) in [6.45, 7) is 2.85. The predicted octanol–water partition coefficient (Wildman–Crippen LogP) is 1.07. The minimum atomic E-state index is 0.0905. The largest absolute Gasteiger partial charge is 0.337 e. The number of amides is 1. The maximum Gasteiger partial charge on any atom is 0.239 e. The van der Waals surface area contributed by atoms with E-state index in [9.17, 15) is 4.79 Å². The second kappa shape index (κ2) is 6.53. The molecule has 2 rings (SSSR count). The van der Waals surface area contributed by atoms with E-state index < -0.39 is 0 Å². The van der Waals surface area contributed by atoms with Gasteiger partial charge in [0, 0.05) is 19.1 Å². The lowest BCUT2D eigenvalue weighted by Crippen LogP contribution is -2.49. The van der Waals surface area contributed by atoms with Crippen LogP contribution in [-0.4, -0.2) is 61.5 Å². The van der Waals surface area contributed by atoms with Crippen LogP contribution >= 0.6 is 0 Å². The minimum absolute atomic E-state index is 0.0905. The van der Waals surface area contributed by atoms with Crippen molar-refractivity contribution in [3.63, 3.8) is 0 Å². The van der Waals surface area contributed by atoms with Crippen molar-refractivity contribution in [3.8, 4) is 0 Å². The molecule has 1 saturated carbocycles. The molecule has 2 aliphatic rings. The quantitative estimate of drug-likeness (QED) is 0.796. The summed E-state index contributed by atoms with van der Waals surface area (Å²) in [4.78, 5) is 16.9. The Labute approximate surface area is 111 Å². The van der Waals surface area contributed by atoms with E-state index in [-0.39, 0.29) is 6.04 Å². The molecule has 1 aliphatic heterocycles. The van der Waals surface area contributed by atoms with Gasteiger partial charge in [0.25, 0.3) is 0 Å². The lowest BCUT2D eigenvalue weighted by Gasteiger charge is -2.32. The average Bonchev–Trinajstić information content (AvgIpc) is 3.01. The highest BCUT2D eigenvalue weighted by Crippen LogP contribution is 2.24. The van der Waals surface area contributed by atoms with Gasteiger partial charge in [-0.1, -0.05) is 12.8 Å². The van der Waals surface area contributed by atoms with Gasteiger partial charge in [-0.25, -0.2) is 0 Å². The summed E-state index contributed by atoms with van der Waals surface area (Å²) in [5.74, 6) is 0.348. The molecule has 1 aliphatic carbocycles. The molecule has 4 heteroatoms. The van der Waals surface area contributed by atoms with Crippen LogP contribution in [0.25, 0.3) is 0 Å². The fraction of sp³-hybridized carbons (Fsp3) is 0.929. The molecule has 1 N–H and O–H groups in total. The van der Waals surface area contributed by atoms with Crippen molar-refractivity contribution in [2.75, 3.05) is 33.7 Å². The molecule has 0 aromatic carbocycles. The zero-order valence-corrected chi connectivity index (χ0v) is 11.8. The Morgan fingerprint density at radius 1 is 1.11 bits per heavy atom. The number of hydrogen-bond acceptors (Lipinski definition) is 3. The molecule has 18 heavy (non-hydrogen) atoms. The van der Waals surface area contributed by atoms with E-state index in [4.69, 9.17) is 0 Å². The molecule has 2 fully saturated rings. The number of carbonyl (C=O) groups excluding carboxylic acids is 1. The Hall–Kier alpha value is -0.610. The first-order chi connectivity index (χ1) is 8.68. The van der Waals surface area contributed by atoms with E-state index in [2.05, 4.69) is 29.2 Å². The van der Waals surface area contributed by atoms with Gasteiger partial charge in [-0.05, 0) is 46.3 Å². The van der Waals surface area contributed by atoms with Gasteiger partial charge in [0.05, 0.1) is 6.04 Å². The van der Waals surface area contributed by atoms with Gasteiger partial charge >= 0.3 is 0 Å². The number of rotatable bonds is 5. The van der Waals surface area contributed by atoms with Gasteiger partial charge in [-0.2, -0.15) is 0 Å². The second-order valence-corrected chi connectivity index (χ2v) is 5.92. The van der Waals surface area contributed by atoms with Crippen LogP contribution in [-0.2, 0) is 4.79 Å². The van der Waals surface area contributed by atoms with Crippen LogP contribution in [0.15, 0.2) is 0 Å². The first-order valence-electron chi connectivity index (χ1n) is 7.37. The molecule has 0 spiro atoms. The molecule has 0 unspecified atom stereocenters. The Morgan fingerprint density at radius 2 is 1.83 bits per heavy atom. The van der Waals surface area contributed by atoms with E-state index in [0.717, 1.165) is 32.5 Å². The molecule has 0 aromatic heterocycles. The summed E-state index contributed by atoms with van der Waals surface area (Å²) < 4.78 is 0. The molecule has 1 saturated heterocycles. The fourth-order valence-electron chi connectivity index (χ4n) is 3.09. The van der Waals surface area contributed by atoms with Crippen molar-refractivity contribution < 1.29 is 4.79 Å². The molecular formula is C14H27N3O. The second-order valence-electron chi connectivity index (χ2n) is 5.92. The maximum absolute atomic E-state index is 12.6. The highest BCUT2D eigenvalue weighted by atomic mass is 16.2. The summed E-state index contributed by atoms with van der Waals surface area (Å²) in [7, 11) is 4.15. The van der Waals surface area contributed by atoms with Crippen molar-refractivity contribution in [1.82, 2.24) is 15.1 Å². The van der Waals surface area contributed by atoms with Crippen LogP contribution in [0.2, 0.25) is 0 Å². The zero-order chi connectivity index (χ0) is 13.0. The van der Waals surface area contributed by atoms with Crippen molar-refractivity contribution in [2.24, 2.45) is 0 Å². The lowest BCUT2D eigenvalue weighted by atomic mass is 10.1. The van der Waals surface area contributed by atoms with Crippen LogP contribution in [0.1, 0.15) is 38.5 Å². The van der Waals surface area contributed by atoms with Crippen LogP contribution in [0, 0.1) is 0 Å². The normalized spacial score (nSPS) is 24.9.